The van der Waals surface area contributed by atoms with Gasteiger partial charge in [-0.25, -0.2) is 0 Å². The molecule has 2 heteroatoms. The zero-order chi connectivity index (χ0) is 11.6. The fourth-order valence-corrected chi connectivity index (χ4v) is 5.21. The van der Waals surface area contributed by atoms with Crippen LogP contribution in [0.4, 0.5) is 0 Å². The Hall–Kier alpha value is -0.0800. The standard InChI is InChI=1S/C15H26N2/c1-9(2)17-6-5-12(8-17)16-15-13-10-3-4-11(7-10)14(13)15/h9-16H,3-8H2,1-2H3. The van der Waals surface area contributed by atoms with Gasteiger partial charge in [-0.1, -0.05) is 0 Å². The number of hydrogen-bond acceptors (Lipinski definition) is 2. The van der Waals surface area contributed by atoms with E-state index in [0.717, 1.165) is 41.8 Å². The van der Waals surface area contributed by atoms with E-state index in [1.165, 1.54) is 19.5 Å². The zero-order valence-electron chi connectivity index (χ0n) is 11.2. The van der Waals surface area contributed by atoms with Crippen molar-refractivity contribution in [3.05, 3.63) is 0 Å². The van der Waals surface area contributed by atoms with Crippen molar-refractivity contribution in [2.24, 2.45) is 23.7 Å². The van der Waals surface area contributed by atoms with Crippen LogP contribution in [0.25, 0.3) is 0 Å². The molecule has 1 saturated heterocycles. The topological polar surface area (TPSA) is 15.3 Å². The van der Waals surface area contributed by atoms with Gasteiger partial charge in [0.15, 0.2) is 0 Å². The number of nitrogens with zero attached hydrogens (tertiary/aromatic N) is 1. The smallest absolute Gasteiger partial charge is 0.0210 e. The molecule has 0 radical (unpaired) electrons. The summed E-state index contributed by atoms with van der Waals surface area (Å²) in [6, 6.07) is 2.46. The van der Waals surface area contributed by atoms with Gasteiger partial charge in [-0.3, -0.25) is 4.90 Å². The fourth-order valence-electron chi connectivity index (χ4n) is 5.21. The van der Waals surface area contributed by atoms with Gasteiger partial charge < -0.3 is 5.32 Å². The second kappa shape index (κ2) is 3.71. The largest absolute Gasteiger partial charge is 0.309 e. The Kier molecular flexibility index (Phi) is 2.36. The molecule has 0 amide bonds. The lowest BCUT2D eigenvalue weighted by atomic mass is 10.0. The number of fused-ring (bicyclic) bond motifs is 5. The summed E-state index contributed by atoms with van der Waals surface area (Å²) in [4.78, 5) is 2.63. The molecule has 3 aliphatic carbocycles. The van der Waals surface area contributed by atoms with Crippen LogP contribution in [0.3, 0.4) is 0 Å². The molecule has 0 aromatic heterocycles. The van der Waals surface area contributed by atoms with Crippen LogP contribution in [-0.4, -0.2) is 36.1 Å². The number of rotatable bonds is 3. The highest BCUT2D eigenvalue weighted by molar-refractivity contribution is 5.17. The van der Waals surface area contributed by atoms with E-state index in [2.05, 4.69) is 24.1 Å². The van der Waals surface area contributed by atoms with Crippen molar-refractivity contribution in [2.75, 3.05) is 13.1 Å². The van der Waals surface area contributed by atoms with E-state index in [9.17, 15) is 0 Å². The maximum absolute atomic E-state index is 4.00. The Labute approximate surface area is 105 Å². The number of hydrogen-bond donors (Lipinski definition) is 1. The lowest BCUT2D eigenvalue weighted by Gasteiger charge is -2.21. The Bertz CT molecular complexity index is 298. The van der Waals surface area contributed by atoms with Gasteiger partial charge in [0.2, 0.25) is 0 Å². The van der Waals surface area contributed by atoms with Crippen molar-refractivity contribution in [3.63, 3.8) is 0 Å². The number of nitrogens with one attached hydrogen (secondary N) is 1. The monoisotopic (exact) mass is 234 g/mol. The number of likely N-dealkylation sites (tertiary alicyclic amines) is 1. The minimum Gasteiger partial charge on any atom is -0.309 e. The molecule has 96 valence electrons. The van der Waals surface area contributed by atoms with Gasteiger partial charge in [0.1, 0.15) is 0 Å². The highest BCUT2D eigenvalue weighted by atomic mass is 15.2. The molecule has 0 aromatic rings. The third kappa shape index (κ3) is 1.60. The second-order valence-electron chi connectivity index (χ2n) is 7.25. The molecule has 1 N–H and O–H groups in total. The predicted octanol–water partition coefficient (Wildman–Crippen LogP) is 2.10. The van der Waals surface area contributed by atoms with Crippen LogP contribution in [0.1, 0.15) is 39.5 Å². The Morgan fingerprint density at radius 1 is 1.06 bits per heavy atom. The quantitative estimate of drug-likeness (QED) is 0.804. The zero-order valence-corrected chi connectivity index (χ0v) is 11.2. The molecular formula is C15H26N2. The maximum atomic E-state index is 4.00. The van der Waals surface area contributed by atoms with E-state index < -0.39 is 0 Å². The molecule has 4 aliphatic rings. The Morgan fingerprint density at radius 2 is 1.76 bits per heavy atom. The van der Waals surface area contributed by atoms with Gasteiger partial charge >= 0.3 is 0 Å². The summed E-state index contributed by atoms with van der Waals surface area (Å²) in [7, 11) is 0. The molecule has 1 aliphatic heterocycles. The van der Waals surface area contributed by atoms with Crippen LogP contribution < -0.4 is 5.32 Å². The first-order valence-corrected chi connectivity index (χ1v) is 7.74. The average Bonchev–Trinajstić information content (AvgIpc) is 2.76. The first-order valence-electron chi connectivity index (χ1n) is 7.74. The molecular weight excluding hydrogens is 208 g/mol. The highest BCUT2D eigenvalue weighted by Gasteiger charge is 2.65. The summed E-state index contributed by atoms with van der Waals surface area (Å²) >= 11 is 0. The molecule has 5 atom stereocenters. The van der Waals surface area contributed by atoms with Crippen LogP contribution in [0.15, 0.2) is 0 Å². The van der Waals surface area contributed by atoms with E-state index in [1.807, 2.05) is 0 Å². The lowest BCUT2D eigenvalue weighted by molar-refractivity contribution is 0.266. The minimum atomic E-state index is 0.733. The Morgan fingerprint density at radius 3 is 2.35 bits per heavy atom. The van der Waals surface area contributed by atoms with Gasteiger partial charge in [0, 0.05) is 24.7 Å². The van der Waals surface area contributed by atoms with Gasteiger partial charge in [-0.15, -0.1) is 0 Å². The summed E-state index contributed by atoms with van der Waals surface area (Å²) in [5.74, 6) is 4.43. The maximum Gasteiger partial charge on any atom is 0.0210 e. The lowest BCUT2D eigenvalue weighted by Crippen LogP contribution is -2.38. The molecule has 4 rings (SSSR count). The molecule has 3 saturated carbocycles. The van der Waals surface area contributed by atoms with Gasteiger partial charge in [-0.2, -0.15) is 0 Å². The first-order chi connectivity index (χ1) is 8.24. The molecule has 2 nitrogen and oxygen atoms in total. The third-order valence-electron chi connectivity index (χ3n) is 6.11. The summed E-state index contributed by atoms with van der Waals surface area (Å²) in [6.07, 6.45) is 6.05. The van der Waals surface area contributed by atoms with Crippen LogP contribution in [-0.2, 0) is 0 Å². The first kappa shape index (κ1) is 10.8. The molecule has 5 unspecified atom stereocenters. The van der Waals surface area contributed by atoms with Crippen molar-refractivity contribution >= 4 is 0 Å². The van der Waals surface area contributed by atoms with Gasteiger partial charge in [0.05, 0.1) is 0 Å². The van der Waals surface area contributed by atoms with E-state index in [1.54, 1.807) is 19.3 Å². The van der Waals surface area contributed by atoms with E-state index >= 15 is 0 Å². The molecule has 0 aromatic carbocycles. The van der Waals surface area contributed by atoms with Crippen molar-refractivity contribution < 1.29 is 0 Å². The summed E-state index contributed by atoms with van der Waals surface area (Å²) < 4.78 is 0. The molecule has 2 bridgehead atoms. The van der Waals surface area contributed by atoms with Gasteiger partial charge in [-0.05, 0) is 69.7 Å². The third-order valence-corrected chi connectivity index (χ3v) is 6.11. The Balaban J connectivity index is 1.33. The molecule has 1 heterocycles. The fraction of sp³-hybridized carbons (Fsp3) is 1.00. The summed E-state index contributed by atoms with van der Waals surface area (Å²) in [5, 5.41) is 4.00. The van der Waals surface area contributed by atoms with E-state index in [4.69, 9.17) is 0 Å². The second-order valence-corrected chi connectivity index (χ2v) is 7.25. The average molecular weight is 234 g/mol. The van der Waals surface area contributed by atoms with Crippen molar-refractivity contribution in [1.82, 2.24) is 10.2 Å². The SMILES string of the molecule is CC(C)N1CCC(NC2C3C4CCC(C4)C23)C1. The molecule has 17 heavy (non-hydrogen) atoms. The van der Waals surface area contributed by atoms with Gasteiger partial charge in [0.25, 0.3) is 0 Å². The summed E-state index contributed by atoms with van der Waals surface area (Å²) in [5.41, 5.74) is 0. The van der Waals surface area contributed by atoms with E-state index in [0.29, 0.717) is 0 Å². The van der Waals surface area contributed by atoms with Crippen LogP contribution in [0.5, 0.6) is 0 Å². The van der Waals surface area contributed by atoms with Crippen LogP contribution in [0.2, 0.25) is 0 Å². The van der Waals surface area contributed by atoms with Crippen molar-refractivity contribution in [1.29, 1.82) is 0 Å². The van der Waals surface area contributed by atoms with E-state index in [-0.39, 0.29) is 0 Å². The molecule has 0 spiro atoms. The summed E-state index contributed by atoms with van der Waals surface area (Å²) in [6.45, 7) is 7.26. The molecule has 4 fully saturated rings. The van der Waals surface area contributed by atoms with Crippen molar-refractivity contribution in [2.45, 2.75) is 57.7 Å². The van der Waals surface area contributed by atoms with Crippen LogP contribution >= 0.6 is 0 Å². The minimum absolute atomic E-state index is 0.733. The van der Waals surface area contributed by atoms with Crippen LogP contribution in [0, 0.1) is 23.7 Å². The van der Waals surface area contributed by atoms with Crippen molar-refractivity contribution in [3.8, 4) is 0 Å². The normalized spacial score (nSPS) is 52.4. The highest BCUT2D eigenvalue weighted by Crippen LogP contribution is 2.65. The predicted molar refractivity (Wildman–Crippen MR) is 69.8 cm³/mol.